The Bertz CT molecular complexity index is 1260. The van der Waals surface area contributed by atoms with E-state index in [1.165, 1.54) is 0 Å². The van der Waals surface area contributed by atoms with Crippen molar-refractivity contribution < 1.29 is 24.3 Å². The van der Waals surface area contributed by atoms with Crippen molar-refractivity contribution in [2.45, 2.75) is 32.2 Å². The fourth-order valence-corrected chi connectivity index (χ4v) is 4.35. The van der Waals surface area contributed by atoms with Crippen LogP contribution in [0.2, 0.25) is 0 Å². The number of hydrogen-bond donors (Lipinski definition) is 4. The lowest BCUT2D eigenvalue weighted by Crippen LogP contribution is -2.57. The van der Waals surface area contributed by atoms with E-state index in [0.717, 1.165) is 21.9 Å². The second-order valence-corrected chi connectivity index (χ2v) is 8.65. The van der Waals surface area contributed by atoms with E-state index in [0.29, 0.717) is 5.56 Å². The number of carbonyl (C=O) groups is 4. The average molecular weight is 460 g/mol. The maximum absolute atomic E-state index is 13.3. The third kappa shape index (κ3) is 4.61. The Morgan fingerprint density at radius 3 is 2.12 bits per heavy atom. The molecular weight excluding hydrogens is 434 g/mol. The van der Waals surface area contributed by atoms with Crippen molar-refractivity contribution in [2.75, 3.05) is 0 Å². The topological polar surface area (TPSA) is 125 Å². The molecule has 0 bridgehead atoms. The highest BCUT2D eigenvalue weighted by atomic mass is 16.4. The number of nitrogens with one attached hydrogen (secondary N) is 3. The Kier molecular flexibility index (Phi) is 6.32. The van der Waals surface area contributed by atoms with Gasteiger partial charge in [0.05, 0.1) is 6.42 Å². The Morgan fingerprint density at radius 1 is 0.853 bits per heavy atom. The van der Waals surface area contributed by atoms with Gasteiger partial charge in [-0.2, -0.15) is 0 Å². The molecule has 0 unspecified atom stereocenters. The molecule has 3 aromatic carbocycles. The number of carboxylic acids is 1. The van der Waals surface area contributed by atoms with Crippen LogP contribution in [0.5, 0.6) is 0 Å². The van der Waals surface area contributed by atoms with E-state index in [2.05, 4.69) is 16.2 Å². The summed E-state index contributed by atoms with van der Waals surface area (Å²) >= 11 is 0. The van der Waals surface area contributed by atoms with Gasteiger partial charge in [-0.05, 0) is 53.8 Å². The molecule has 1 aliphatic rings. The first-order valence-corrected chi connectivity index (χ1v) is 11.0. The number of hydrazine groups is 1. The maximum atomic E-state index is 13.3. The zero-order valence-electron chi connectivity index (χ0n) is 18.6. The van der Waals surface area contributed by atoms with Gasteiger partial charge in [-0.3, -0.25) is 30.0 Å². The lowest BCUT2D eigenvalue weighted by atomic mass is 9.82. The molecule has 3 amide bonds. The number of amides is 3. The van der Waals surface area contributed by atoms with Crippen LogP contribution in [-0.4, -0.2) is 34.8 Å². The Labute approximate surface area is 196 Å². The van der Waals surface area contributed by atoms with Crippen LogP contribution in [0.4, 0.5) is 0 Å². The number of rotatable bonds is 6. The zero-order valence-corrected chi connectivity index (χ0v) is 18.6. The molecule has 0 saturated heterocycles. The monoisotopic (exact) mass is 459 g/mol. The summed E-state index contributed by atoms with van der Waals surface area (Å²) in [6.45, 7) is 1.57. The molecule has 0 heterocycles. The molecule has 1 atom stereocenters. The lowest BCUT2D eigenvalue weighted by molar-refractivity contribution is -0.144. The van der Waals surface area contributed by atoms with Gasteiger partial charge in [-0.25, -0.2) is 0 Å². The van der Waals surface area contributed by atoms with E-state index in [9.17, 15) is 19.2 Å². The van der Waals surface area contributed by atoms with Crippen molar-refractivity contribution in [3.8, 4) is 0 Å². The van der Waals surface area contributed by atoms with Crippen molar-refractivity contribution in [1.82, 2.24) is 16.2 Å². The van der Waals surface area contributed by atoms with Gasteiger partial charge in [0.15, 0.2) is 0 Å². The molecule has 0 saturated carbocycles. The average Bonchev–Trinajstić information content (AvgIpc) is 3.22. The minimum atomic E-state index is -1.51. The summed E-state index contributed by atoms with van der Waals surface area (Å²) in [5.41, 5.74) is 5.42. The summed E-state index contributed by atoms with van der Waals surface area (Å²) in [7, 11) is 0. The van der Waals surface area contributed by atoms with E-state index in [-0.39, 0.29) is 19.3 Å². The predicted molar refractivity (Wildman–Crippen MR) is 126 cm³/mol. The van der Waals surface area contributed by atoms with Crippen LogP contribution in [0, 0.1) is 5.41 Å². The first kappa shape index (κ1) is 23.0. The summed E-state index contributed by atoms with van der Waals surface area (Å²) in [4.78, 5) is 50.3. The molecule has 4 N–H and O–H groups in total. The first-order valence-electron chi connectivity index (χ1n) is 11.0. The van der Waals surface area contributed by atoms with Crippen molar-refractivity contribution in [3.63, 3.8) is 0 Å². The van der Waals surface area contributed by atoms with Crippen molar-refractivity contribution >= 4 is 34.5 Å². The van der Waals surface area contributed by atoms with E-state index in [4.69, 9.17) is 5.11 Å². The van der Waals surface area contributed by atoms with Gasteiger partial charge >= 0.3 is 5.97 Å². The fraction of sp³-hybridized carbons (Fsp3) is 0.231. The van der Waals surface area contributed by atoms with Gasteiger partial charge in [0.2, 0.25) is 5.91 Å². The van der Waals surface area contributed by atoms with Gasteiger partial charge in [-0.1, -0.05) is 54.6 Å². The van der Waals surface area contributed by atoms with Crippen LogP contribution in [-0.2, 0) is 27.2 Å². The van der Waals surface area contributed by atoms with E-state index in [1.54, 1.807) is 19.1 Å². The third-order valence-electron chi connectivity index (χ3n) is 6.13. The van der Waals surface area contributed by atoms with Crippen molar-refractivity contribution in [3.05, 3.63) is 83.4 Å². The van der Waals surface area contributed by atoms with E-state index >= 15 is 0 Å². The second kappa shape index (κ2) is 9.35. The SMILES string of the molecule is C[C@H](CC(=O)O)NC(=O)C1(C(=O)NNC(=O)c2ccc3ccccc3c2)Cc2ccccc2C1. The number of fused-ring (bicyclic) bond motifs is 2. The first-order chi connectivity index (χ1) is 16.3. The van der Waals surface area contributed by atoms with E-state index in [1.807, 2.05) is 54.6 Å². The van der Waals surface area contributed by atoms with Crippen molar-refractivity contribution in [2.24, 2.45) is 5.41 Å². The van der Waals surface area contributed by atoms with E-state index < -0.39 is 35.1 Å². The summed E-state index contributed by atoms with van der Waals surface area (Å²) in [6, 6.07) is 19.5. The summed E-state index contributed by atoms with van der Waals surface area (Å²) in [5, 5.41) is 13.5. The van der Waals surface area contributed by atoms with Crippen LogP contribution in [0.25, 0.3) is 10.8 Å². The quantitative estimate of drug-likeness (QED) is 0.333. The molecule has 8 nitrogen and oxygen atoms in total. The molecule has 3 aromatic rings. The molecule has 8 heteroatoms. The maximum Gasteiger partial charge on any atom is 0.305 e. The number of aliphatic carboxylic acids is 1. The number of carboxylic acid groups (broad SMARTS) is 1. The van der Waals surface area contributed by atoms with Crippen LogP contribution < -0.4 is 16.2 Å². The van der Waals surface area contributed by atoms with Gasteiger partial charge in [0.25, 0.3) is 11.8 Å². The molecule has 34 heavy (non-hydrogen) atoms. The molecule has 0 fully saturated rings. The minimum Gasteiger partial charge on any atom is -0.481 e. The Morgan fingerprint density at radius 2 is 1.47 bits per heavy atom. The summed E-state index contributed by atoms with van der Waals surface area (Å²) in [6.07, 6.45) is 0.0219. The Balaban J connectivity index is 1.51. The Hall–Kier alpha value is -4.20. The lowest BCUT2D eigenvalue weighted by Gasteiger charge is -2.28. The second-order valence-electron chi connectivity index (χ2n) is 8.65. The molecule has 4 rings (SSSR count). The highest BCUT2D eigenvalue weighted by Crippen LogP contribution is 2.37. The molecule has 174 valence electrons. The summed E-state index contributed by atoms with van der Waals surface area (Å²) < 4.78 is 0. The number of carbonyl (C=O) groups excluding carboxylic acids is 3. The molecule has 1 aliphatic carbocycles. The molecule has 0 radical (unpaired) electrons. The molecule has 0 aliphatic heterocycles. The zero-order chi connectivity index (χ0) is 24.3. The van der Waals surface area contributed by atoms with Gasteiger partial charge in [0.1, 0.15) is 5.41 Å². The molecule has 0 spiro atoms. The molecule has 0 aromatic heterocycles. The van der Waals surface area contributed by atoms with Gasteiger partial charge in [0, 0.05) is 11.6 Å². The largest absolute Gasteiger partial charge is 0.481 e. The van der Waals surface area contributed by atoms with Gasteiger partial charge < -0.3 is 10.4 Å². The van der Waals surface area contributed by atoms with Crippen molar-refractivity contribution in [1.29, 1.82) is 0 Å². The van der Waals surface area contributed by atoms with Crippen LogP contribution in [0.15, 0.2) is 66.7 Å². The predicted octanol–water partition coefficient (Wildman–Crippen LogP) is 2.37. The third-order valence-corrected chi connectivity index (χ3v) is 6.13. The highest BCUT2D eigenvalue weighted by Gasteiger charge is 2.50. The standard InChI is InChI=1S/C26H25N3O5/c1-16(12-22(30)31)27-24(33)26(14-20-8-4-5-9-21(20)15-26)25(34)29-28-23(32)19-11-10-17-6-2-3-7-18(17)13-19/h2-11,13,16H,12,14-15H2,1H3,(H,27,33)(H,28,32)(H,29,34)(H,30,31)/t16-/m1/s1. The fourth-order valence-electron chi connectivity index (χ4n) is 4.35. The number of hydrogen-bond acceptors (Lipinski definition) is 4. The van der Waals surface area contributed by atoms with Gasteiger partial charge in [-0.15, -0.1) is 0 Å². The minimum absolute atomic E-state index is 0.145. The van der Waals surface area contributed by atoms with Crippen LogP contribution in [0.1, 0.15) is 34.8 Å². The number of benzene rings is 3. The van der Waals surface area contributed by atoms with Crippen LogP contribution in [0.3, 0.4) is 0 Å². The highest BCUT2D eigenvalue weighted by molar-refractivity contribution is 6.07. The molecular formula is C26H25N3O5. The summed E-state index contributed by atoms with van der Waals surface area (Å²) in [5.74, 6) is -2.79. The normalized spacial score (nSPS) is 14.6. The smallest absolute Gasteiger partial charge is 0.305 e. The van der Waals surface area contributed by atoms with Crippen LogP contribution >= 0.6 is 0 Å².